The zero-order valence-corrected chi connectivity index (χ0v) is 7.77. The standard InChI is InChI=1S/C14H10/c1-3-7-13(8-4-1)11-12-14-9-5-2-6-10-14/h1-7,9,11-12H/q-2/b12-11-. The summed E-state index contributed by atoms with van der Waals surface area (Å²) in [6.07, 6.45) is 4.07. The van der Waals surface area contributed by atoms with Gasteiger partial charge in [0.05, 0.1) is 0 Å². The predicted octanol–water partition coefficient (Wildman–Crippen LogP) is 3.46. The fraction of sp³-hybridized carbons (Fsp3) is 0. The molecular formula is C14H10-2. The van der Waals surface area contributed by atoms with Gasteiger partial charge in [-0.25, -0.2) is 0 Å². The van der Waals surface area contributed by atoms with Gasteiger partial charge in [-0.05, 0) is 0 Å². The van der Waals surface area contributed by atoms with Crippen LogP contribution in [0.1, 0.15) is 11.1 Å². The van der Waals surface area contributed by atoms with Crippen LogP contribution in [0.3, 0.4) is 0 Å². The number of benzene rings is 2. The summed E-state index contributed by atoms with van der Waals surface area (Å²) >= 11 is 0. The minimum atomic E-state index is 1.09. The molecule has 0 saturated carbocycles. The van der Waals surface area contributed by atoms with Crippen molar-refractivity contribution in [3.63, 3.8) is 0 Å². The normalized spacial score (nSPS) is 10.6. The molecule has 2 aromatic rings. The van der Waals surface area contributed by atoms with Gasteiger partial charge in [0, 0.05) is 0 Å². The minimum absolute atomic E-state index is 1.09. The van der Waals surface area contributed by atoms with E-state index in [-0.39, 0.29) is 0 Å². The Kier molecular flexibility index (Phi) is 2.77. The Balaban J connectivity index is 2.16. The van der Waals surface area contributed by atoms with Crippen molar-refractivity contribution in [3.8, 4) is 0 Å². The third kappa shape index (κ3) is 2.33. The van der Waals surface area contributed by atoms with Gasteiger partial charge in [0.1, 0.15) is 0 Å². The molecular weight excluding hydrogens is 168 g/mol. The molecule has 0 bridgehead atoms. The minimum Gasteiger partial charge on any atom is -0.177 e. The fourth-order valence-corrected chi connectivity index (χ4v) is 1.20. The van der Waals surface area contributed by atoms with E-state index >= 15 is 0 Å². The van der Waals surface area contributed by atoms with Crippen LogP contribution in [-0.2, 0) is 0 Å². The maximum atomic E-state index is 3.14. The lowest BCUT2D eigenvalue weighted by atomic mass is 10.1. The Morgan fingerprint density at radius 1 is 0.714 bits per heavy atom. The van der Waals surface area contributed by atoms with Crippen LogP contribution >= 0.6 is 0 Å². The molecule has 0 aliphatic rings. The molecule has 0 heteroatoms. The highest BCUT2D eigenvalue weighted by molar-refractivity contribution is 5.68. The summed E-state index contributed by atoms with van der Waals surface area (Å²) in [5.41, 5.74) is 2.18. The van der Waals surface area contributed by atoms with E-state index in [4.69, 9.17) is 0 Å². The van der Waals surface area contributed by atoms with E-state index in [1.54, 1.807) is 0 Å². The van der Waals surface area contributed by atoms with Crippen molar-refractivity contribution in [2.24, 2.45) is 0 Å². The first-order valence-corrected chi connectivity index (χ1v) is 4.57. The molecule has 0 amide bonds. The zero-order chi connectivity index (χ0) is 9.64. The molecule has 0 aliphatic heterocycles. The Morgan fingerprint density at radius 3 is 1.57 bits per heavy atom. The van der Waals surface area contributed by atoms with Gasteiger partial charge in [0.2, 0.25) is 0 Å². The van der Waals surface area contributed by atoms with Crippen LogP contribution in [0.15, 0.2) is 48.5 Å². The summed E-state index contributed by atoms with van der Waals surface area (Å²) in [6, 6.07) is 22.1. The van der Waals surface area contributed by atoms with Crippen molar-refractivity contribution < 1.29 is 0 Å². The summed E-state index contributed by atoms with van der Waals surface area (Å²) in [6.45, 7) is 0. The van der Waals surface area contributed by atoms with Crippen molar-refractivity contribution in [2.45, 2.75) is 0 Å². The number of hydrogen-bond acceptors (Lipinski definition) is 0. The van der Waals surface area contributed by atoms with Gasteiger partial charge in [-0.15, -0.1) is 60.7 Å². The van der Waals surface area contributed by atoms with Gasteiger partial charge in [0.15, 0.2) is 0 Å². The molecule has 0 radical (unpaired) electrons. The molecule has 14 heavy (non-hydrogen) atoms. The van der Waals surface area contributed by atoms with E-state index in [1.807, 2.05) is 60.7 Å². The molecule has 0 saturated heterocycles. The lowest BCUT2D eigenvalue weighted by Crippen LogP contribution is -1.71. The monoisotopic (exact) mass is 178 g/mol. The Bertz CT molecular complexity index is 357. The highest BCUT2D eigenvalue weighted by Crippen LogP contribution is 2.05. The van der Waals surface area contributed by atoms with E-state index in [0.29, 0.717) is 0 Å². The molecule has 0 aliphatic carbocycles. The van der Waals surface area contributed by atoms with E-state index < -0.39 is 0 Å². The van der Waals surface area contributed by atoms with Gasteiger partial charge in [-0.3, -0.25) is 0 Å². The molecule has 0 heterocycles. The van der Waals surface area contributed by atoms with Crippen LogP contribution in [-0.4, -0.2) is 0 Å². The van der Waals surface area contributed by atoms with Crippen molar-refractivity contribution in [2.75, 3.05) is 0 Å². The SMILES string of the molecule is [c-]1ccccc1/C=C\c1[c-]cccc1. The molecule has 0 N–H and O–H groups in total. The Hall–Kier alpha value is -1.82. The van der Waals surface area contributed by atoms with Crippen molar-refractivity contribution >= 4 is 12.2 Å². The molecule has 0 aromatic heterocycles. The highest BCUT2D eigenvalue weighted by atomic mass is 13.9. The maximum Gasteiger partial charge on any atom is -0.143 e. The quantitative estimate of drug-likeness (QED) is 0.488. The third-order valence-corrected chi connectivity index (χ3v) is 1.91. The van der Waals surface area contributed by atoms with Crippen LogP contribution in [0.5, 0.6) is 0 Å². The molecule has 2 rings (SSSR count). The van der Waals surface area contributed by atoms with Crippen LogP contribution in [0.2, 0.25) is 0 Å². The van der Waals surface area contributed by atoms with Gasteiger partial charge in [0.25, 0.3) is 0 Å². The fourth-order valence-electron chi connectivity index (χ4n) is 1.20. The zero-order valence-electron chi connectivity index (χ0n) is 7.77. The predicted molar refractivity (Wildman–Crippen MR) is 59.5 cm³/mol. The van der Waals surface area contributed by atoms with Crippen LogP contribution in [0.25, 0.3) is 12.2 Å². The summed E-state index contributed by atoms with van der Waals surface area (Å²) in [5, 5.41) is 0. The Morgan fingerprint density at radius 2 is 1.21 bits per heavy atom. The first-order chi connectivity index (χ1) is 6.95. The maximum absolute atomic E-state index is 3.14. The number of rotatable bonds is 2. The summed E-state index contributed by atoms with van der Waals surface area (Å²) in [5.74, 6) is 0. The van der Waals surface area contributed by atoms with Gasteiger partial charge >= 0.3 is 0 Å². The molecule has 2 aromatic carbocycles. The second kappa shape index (κ2) is 4.43. The molecule has 0 atom stereocenters. The van der Waals surface area contributed by atoms with Crippen LogP contribution < -0.4 is 0 Å². The second-order valence-electron chi connectivity index (χ2n) is 2.97. The lowest BCUT2D eigenvalue weighted by Gasteiger charge is -2.03. The van der Waals surface area contributed by atoms with Crippen molar-refractivity contribution in [1.29, 1.82) is 0 Å². The van der Waals surface area contributed by atoms with Gasteiger partial charge in [-0.2, -0.15) is 23.3 Å². The molecule has 0 spiro atoms. The lowest BCUT2D eigenvalue weighted by molar-refractivity contribution is 1.63. The Labute approximate surface area is 84.5 Å². The van der Waals surface area contributed by atoms with Gasteiger partial charge < -0.3 is 0 Å². The number of hydrogen-bond donors (Lipinski definition) is 0. The van der Waals surface area contributed by atoms with E-state index in [1.165, 1.54) is 0 Å². The highest BCUT2D eigenvalue weighted by Gasteiger charge is 1.73. The average Bonchev–Trinajstić information content (AvgIpc) is 2.29. The first-order valence-electron chi connectivity index (χ1n) is 4.57. The molecule has 0 unspecified atom stereocenters. The topological polar surface area (TPSA) is 0 Å². The smallest absolute Gasteiger partial charge is 0.143 e. The summed E-state index contributed by atoms with van der Waals surface area (Å²) < 4.78 is 0. The van der Waals surface area contributed by atoms with Gasteiger partial charge in [-0.1, -0.05) is 0 Å². The van der Waals surface area contributed by atoms with E-state index in [2.05, 4.69) is 12.1 Å². The summed E-state index contributed by atoms with van der Waals surface area (Å²) in [7, 11) is 0. The molecule has 0 nitrogen and oxygen atoms in total. The molecule has 68 valence electrons. The second-order valence-corrected chi connectivity index (χ2v) is 2.97. The van der Waals surface area contributed by atoms with E-state index in [0.717, 1.165) is 11.1 Å². The van der Waals surface area contributed by atoms with Crippen LogP contribution in [0, 0.1) is 12.1 Å². The first kappa shape index (κ1) is 8.76. The largest absolute Gasteiger partial charge is 0.177 e. The third-order valence-electron chi connectivity index (χ3n) is 1.91. The summed E-state index contributed by atoms with van der Waals surface area (Å²) in [4.78, 5) is 0. The average molecular weight is 178 g/mol. The van der Waals surface area contributed by atoms with Crippen molar-refractivity contribution in [1.82, 2.24) is 0 Å². The van der Waals surface area contributed by atoms with Crippen LogP contribution in [0.4, 0.5) is 0 Å². The van der Waals surface area contributed by atoms with E-state index in [9.17, 15) is 0 Å². The van der Waals surface area contributed by atoms with Crippen molar-refractivity contribution in [3.05, 3.63) is 71.8 Å². The molecule has 0 fully saturated rings.